The van der Waals surface area contributed by atoms with Crippen LogP contribution in [-0.2, 0) is 6.54 Å². The van der Waals surface area contributed by atoms with E-state index in [0.29, 0.717) is 29.9 Å². The largest absolute Gasteiger partial charge is 0.393 e. The van der Waals surface area contributed by atoms with Gasteiger partial charge in [0.25, 0.3) is 0 Å². The number of benzene rings is 2. The molecule has 130 valence electrons. The highest BCUT2D eigenvalue weighted by Gasteiger charge is 2.22. The molecule has 1 heterocycles. The van der Waals surface area contributed by atoms with E-state index in [1.165, 1.54) is 12.1 Å². The third-order valence-electron chi connectivity index (χ3n) is 4.19. The number of halogens is 2. The first-order chi connectivity index (χ1) is 12.0. The smallest absolute Gasteiger partial charge is 0.138 e. The summed E-state index contributed by atoms with van der Waals surface area (Å²) in [5.74, 6) is -1.21. The molecule has 3 nitrogen and oxygen atoms in total. The van der Waals surface area contributed by atoms with Crippen molar-refractivity contribution in [3.05, 3.63) is 66.0 Å². The van der Waals surface area contributed by atoms with Gasteiger partial charge >= 0.3 is 0 Å². The van der Waals surface area contributed by atoms with E-state index in [0.717, 1.165) is 5.56 Å². The predicted octanol–water partition coefficient (Wildman–Crippen LogP) is 4.57. The molecule has 0 spiro atoms. The molecule has 1 aromatic heterocycles. The first-order valence-corrected chi connectivity index (χ1v) is 8.22. The van der Waals surface area contributed by atoms with Gasteiger partial charge in [-0.3, -0.25) is 0 Å². The second-order valence-corrected chi connectivity index (χ2v) is 6.19. The van der Waals surface area contributed by atoms with Gasteiger partial charge in [-0.15, -0.1) is 0 Å². The number of aliphatic hydroxyl groups excluding tert-OH is 1. The van der Waals surface area contributed by atoms with E-state index in [-0.39, 0.29) is 5.56 Å². The lowest BCUT2D eigenvalue weighted by Crippen LogP contribution is -2.08. The summed E-state index contributed by atoms with van der Waals surface area (Å²) in [4.78, 5) is 4.40. The van der Waals surface area contributed by atoms with Crippen LogP contribution in [-0.4, -0.2) is 20.8 Å². The van der Waals surface area contributed by atoms with Crippen LogP contribution in [0.2, 0.25) is 0 Å². The third-order valence-corrected chi connectivity index (χ3v) is 4.19. The van der Waals surface area contributed by atoms with Crippen LogP contribution < -0.4 is 0 Å². The Balaban J connectivity index is 2.22. The molecule has 1 unspecified atom stereocenters. The molecule has 0 amide bonds. The molecule has 0 saturated carbocycles. The molecule has 1 atom stereocenters. The molecule has 0 aliphatic carbocycles. The number of hydrogen-bond donors (Lipinski definition) is 1. The first-order valence-electron chi connectivity index (χ1n) is 8.22. The maximum absolute atomic E-state index is 14.8. The highest BCUT2D eigenvalue weighted by molar-refractivity contribution is 5.79. The quantitative estimate of drug-likeness (QED) is 0.737. The number of hydrogen-bond acceptors (Lipinski definition) is 2. The second-order valence-electron chi connectivity index (χ2n) is 6.19. The molecule has 0 aliphatic rings. The van der Waals surface area contributed by atoms with Crippen molar-refractivity contribution in [3.63, 3.8) is 0 Å². The lowest BCUT2D eigenvalue weighted by Gasteiger charge is -2.14. The fourth-order valence-electron chi connectivity index (χ4n) is 2.82. The fraction of sp³-hybridized carbons (Fsp3) is 0.250. The minimum absolute atomic E-state index is 0.0815. The SMILES string of the molecule is Cc1ccc(F)c(-c2c(-c3ccccc3)ncn2CCC(C)O)c1F. The Morgan fingerprint density at radius 1 is 1.12 bits per heavy atom. The predicted molar refractivity (Wildman–Crippen MR) is 94.0 cm³/mol. The summed E-state index contributed by atoms with van der Waals surface area (Å²) < 4.78 is 31.0. The maximum Gasteiger partial charge on any atom is 0.138 e. The summed E-state index contributed by atoms with van der Waals surface area (Å²) in [5.41, 5.74) is 1.99. The van der Waals surface area contributed by atoms with E-state index in [9.17, 15) is 13.9 Å². The number of aromatic nitrogens is 2. The number of aliphatic hydroxyl groups is 1. The number of imidazole rings is 1. The van der Waals surface area contributed by atoms with Gasteiger partial charge < -0.3 is 9.67 Å². The average molecular weight is 342 g/mol. The van der Waals surface area contributed by atoms with E-state index < -0.39 is 17.7 Å². The number of nitrogens with zero attached hydrogens (tertiary/aromatic N) is 2. The van der Waals surface area contributed by atoms with Gasteiger partial charge in [-0.05, 0) is 31.9 Å². The van der Waals surface area contributed by atoms with E-state index in [4.69, 9.17) is 0 Å². The van der Waals surface area contributed by atoms with E-state index in [2.05, 4.69) is 4.98 Å². The molecule has 3 aromatic rings. The van der Waals surface area contributed by atoms with Crippen molar-refractivity contribution in [1.82, 2.24) is 9.55 Å². The molecule has 25 heavy (non-hydrogen) atoms. The monoisotopic (exact) mass is 342 g/mol. The van der Waals surface area contributed by atoms with Gasteiger partial charge in [-0.2, -0.15) is 0 Å². The molecule has 0 radical (unpaired) electrons. The molecule has 3 rings (SSSR count). The minimum atomic E-state index is -0.626. The number of aryl methyl sites for hydroxylation is 2. The molecule has 0 aliphatic heterocycles. The first kappa shape index (κ1) is 17.3. The van der Waals surface area contributed by atoms with E-state index in [1.807, 2.05) is 30.3 Å². The Morgan fingerprint density at radius 3 is 2.52 bits per heavy atom. The van der Waals surface area contributed by atoms with Crippen LogP contribution in [0.3, 0.4) is 0 Å². The lowest BCUT2D eigenvalue weighted by atomic mass is 10.0. The normalized spacial score (nSPS) is 12.4. The summed E-state index contributed by atoms with van der Waals surface area (Å²) in [7, 11) is 0. The highest BCUT2D eigenvalue weighted by Crippen LogP contribution is 2.35. The van der Waals surface area contributed by atoms with Gasteiger partial charge in [-0.25, -0.2) is 13.8 Å². The van der Waals surface area contributed by atoms with Crippen LogP contribution in [0.15, 0.2) is 48.8 Å². The molecule has 0 saturated heterocycles. The van der Waals surface area contributed by atoms with Gasteiger partial charge in [0, 0.05) is 12.1 Å². The van der Waals surface area contributed by atoms with Gasteiger partial charge in [0.2, 0.25) is 0 Å². The van der Waals surface area contributed by atoms with E-state index >= 15 is 0 Å². The summed E-state index contributed by atoms with van der Waals surface area (Å²) in [6, 6.07) is 12.0. The fourth-order valence-corrected chi connectivity index (χ4v) is 2.82. The second kappa shape index (κ2) is 7.15. The van der Waals surface area contributed by atoms with Crippen LogP contribution in [0.1, 0.15) is 18.9 Å². The lowest BCUT2D eigenvalue weighted by molar-refractivity contribution is 0.178. The summed E-state index contributed by atoms with van der Waals surface area (Å²) in [6.45, 7) is 3.71. The maximum atomic E-state index is 14.8. The Kier molecular flexibility index (Phi) is 4.95. The zero-order chi connectivity index (χ0) is 18.0. The van der Waals surface area contributed by atoms with Gasteiger partial charge in [0.15, 0.2) is 0 Å². The third kappa shape index (κ3) is 3.46. The van der Waals surface area contributed by atoms with Crippen molar-refractivity contribution in [2.75, 3.05) is 0 Å². The Labute approximate surface area is 145 Å². The highest BCUT2D eigenvalue weighted by atomic mass is 19.1. The van der Waals surface area contributed by atoms with Crippen LogP contribution in [0.5, 0.6) is 0 Å². The molecule has 1 N–H and O–H groups in total. The van der Waals surface area contributed by atoms with E-state index in [1.54, 1.807) is 24.7 Å². The topological polar surface area (TPSA) is 38.0 Å². The van der Waals surface area contributed by atoms with Crippen LogP contribution in [0.25, 0.3) is 22.5 Å². The summed E-state index contributed by atoms with van der Waals surface area (Å²) in [5, 5.41) is 9.57. The molecule has 2 aromatic carbocycles. The standard InChI is InChI=1S/C20H20F2N2O/c1-13-8-9-16(21)17(18(13)22)20-19(15-6-4-3-5-7-15)23-12-24(20)11-10-14(2)25/h3-9,12,14,25H,10-11H2,1-2H3. The van der Waals surface area contributed by atoms with Crippen LogP contribution in [0, 0.1) is 18.6 Å². The van der Waals surface area contributed by atoms with Gasteiger partial charge in [-0.1, -0.05) is 36.4 Å². The Hall–Kier alpha value is -2.53. The van der Waals surface area contributed by atoms with Crippen molar-refractivity contribution in [3.8, 4) is 22.5 Å². The minimum Gasteiger partial charge on any atom is -0.393 e. The van der Waals surface area contributed by atoms with Crippen molar-refractivity contribution in [2.24, 2.45) is 0 Å². The van der Waals surface area contributed by atoms with Crippen molar-refractivity contribution in [1.29, 1.82) is 0 Å². The number of rotatable bonds is 5. The van der Waals surface area contributed by atoms with Crippen molar-refractivity contribution < 1.29 is 13.9 Å². The zero-order valence-corrected chi connectivity index (χ0v) is 14.2. The molecular formula is C20H20F2N2O. The molecular weight excluding hydrogens is 322 g/mol. The van der Waals surface area contributed by atoms with Crippen LogP contribution >= 0.6 is 0 Å². The van der Waals surface area contributed by atoms with Gasteiger partial charge in [0.1, 0.15) is 11.6 Å². The van der Waals surface area contributed by atoms with Crippen LogP contribution in [0.4, 0.5) is 8.78 Å². The van der Waals surface area contributed by atoms with Gasteiger partial charge in [0.05, 0.1) is 29.4 Å². The molecule has 5 heteroatoms. The molecule has 0 bridgehead atoms. The summed E-state index contributed by atoms with van der Waals surface area (Å²) >= 11 is 0. The summed E-state index contributed by atoms with van der Waals surface area (Å²) in [6.07, 6.45) is 1.52. The Morgan fingerprint density at radius 2 is 1.84 bits per heavy atom. The zero-order valence-electron chi connectivity index (χ0n) is 14.2. The van der Waals surface area contributed by atoms with Crippen molar-refractivity contribution >= 4 is 0 Å². The van der Waals surface area contributed by atoms with Crippen molar-refractivity contribution in [2.45, 2.75) is 32.9 Å². The average Bonchev–Trinajstić information content (AvgIpc) is 3.01. The Bertz CT molecular complexity index is 873. The molecule has 0 fully saturated rings.